The van der Waals surface area contributed by atoms with Gasteiger partial charge in [-0.25, -0.2) is 0 Å². The molecule has 2 aliphatic rings. The van der Waals surface area contributed by atoms with Gasteiger partial charge in [0.1, 0.15) is 17.2 Å². The molecule has 4 heterocycles. The quantitative estimate of drug-likeness (QED) is 0.578. The molecular formula is C20H18Cl2N6O2. The van der Waals surface area contributed by atoms with Gasteiger partial charge in [0.15, 0.2) is 5.78 Å². The minimum atomic E-state index is -0.105. The van der Waals surface area contributed by atoms with E-state index in [1.165, 1.54) is 24.9 Å². The zero-order chi connectivity index (χ0) is 21.0. The van der Waals surface area contributed by atoms with Gasteiger partial charge in [-0.3, -0.25) is 9.78 Å². The van der Waals surface area contributed by atoms with Crippen molar-refractivity contribution in [2.45, 2.75) is 13.0 Å². The molecular weight excluding hydrogens is 427 g/mol. The van der Waals surface area contributed by atoms with Gasteiger partial charge in [0.05, 0.1) is 22.3 Å². The molecule has 5 rings (SSSR count). The summed E-state index contributed by atoms with van der Waals surface area (Å²) in [7, 11) is 0. The molecule has 0 spiro atoms. The van der Waals surface area contributed by atoms with Gasteiger partial charge < -0.3 is 20.4 Å². The molecule has 3 aromatic rings. The number of nitrogens with zero attached hydrogens (tertiary/aromatic N) is 4. The van der Waals surface area contributed by atoms with Crippen molar-refractivity contribution in [3.05, 3.63) is 40.3 Å². The molecule has 2 atom stereocenters. The van der Waals surface area contributed by atoms with E-state index in [0.29, 0.717) is 50.7 Å². The van der Waals surface area contributed by atoms with Crippen molar-refractivity contribution in [2.24, 2.45) is 17.6 Å². The van der Waals surface area contributed by atoms with Crippen molar-refractivity contribution in [3.8, 4) is 11.8 Å². The number of ether oxygens (including phenoxy) is 1. The largest absolute Gasteiger partial charge is 0.423 e. The van der Waals surface area contributed by atoms with E-state index in [0.717, 1.165) is 13.1 Å². The molecule has 1 saturated carbocycles. The average molecular weight is 445 g/mol. The van der Waals surface area contributed by atoms with E-state index in [-0.39, 0.29) is 17.8 Å². The first-order valence-corrected chi connectivity index (χ1v) is 10.3. The van der Waals surface area contributed by atoms with Crippen molar-refractivity contribution in [2.75, 3.05) is 18.0 Å². The van der Waals surface area contributed by atoms with Crippen LogP contribution in [0.3, 0.4) is 0 Å². The van der Waals surface area contributed by atoms with Gasteiger partial charge in [0.2, 0.25) is 0 Å². The lowest BCUT2D eigenvalue weighted by Crippen LogP contribution is -2.29. The highest BCUT2D eigenvalue weighted by Crippen LogP contribution is 2.47. The van der Waals surface area contributed by atoms with E-state index in [1.54, 1.807) is 12.1 Å². The highest BCUT2D eigenvalue weighted by Gasteiger charge is 2.54. The van der Waals surface area contributed by atoms with Gasteiger partial charge in [0.25, 0.3) is 0 Å². The number of H-pyrrole nitrogens is 1. The Balaban J connectivity index is 1.57. The number of hydrogen-bond donors (Lipinski definition) is 2. The fourth-order valence-electron chi connectivity index (χ4n) is 4.01. The molecule has 10 heteroatoms. The first-order chi connectivity index (χ1) is 14.5. The molecule has 3 N–H and O–H groups in total. The van der Waals surface area contributed by atoms with Crippen LogP contribution >= 0.6 is 23.2 Å². The Morgan fingerprint density at radius 1 is 1.33 bits per heavy atom. The molecule has 1 aliphatic carbocycles. The number of pyridine rings is 1. The fourth-order valence-corrected chi connectivity index (χ4v) is 4.42. The van der Waals surface area contributed by atoms with E-state index < -0.39 is 0 Å². The summed E-state index contributed by atoms with van der Waals surface area (Å²) in [5.41, 5.74) is 9.09. The van der Waals surface area contributed by atoms with Crippen molar-refractivity contribution in [1.29, 1.82) is 0 Å². The summed E-state index contributed by atoms with van der Waals surface area (Å²) in [6, 6.07) is 1.99. The van der Waals surface area contributed by atoms with Gasteiger partial charge in [0, 0.05) is 36.4 Å². The molecule has 3 aromatic heterocycles. The SMILES string of the molecule is CC(=O)c1cncc(Oc2nc(N3CC4C(N)C4C3)c3c(Cl)c(/C=C/Cl)[nH]c3n2)c1. The first-order valence-electron chi connectivity index (χ1n) is 9.46. The minimum absolute atomic E-state index is 0.105. The van der Waals surface area contributed by atoms with Crippen molar-refractivity contribution >= 4 is 51.9 Å². The highest BCUT2D eigenvalue weighted by molar-refractivity contribution is 6.38. The van der Waals surface area contributed by atoms with Crippen LogP contribution in [0.15, 0.2) is 24.0 Å². The fraction of sp³-hybridized carbons (Fsp3) is 0.300. The third-order valence-electron chi connectivity index (χ3n) is 5.70. The van der Waals surface area contributed by atoms with Crippen molar-refractivity contribution in [3.63, 3.8) is 0 Å². The number of carbonyl (C=O) groups excluding carboxylic acids is 1. The second-order valence-corrected chi connectivity index (χ2v) is 8.21. The molecule has 1 saturated heterocycles. The summed E-state index contributed by atoms with van der Waals surface area (Å²) in [5.74, 6) is 1.89. The summed E-state index contributed by atoms with van der Waals surface area (Å²) >= 11 is 12.3. The van der Waals surface area contributed by atoms with Crippen molar-refractivity contribution in [1.82, 2.24) is 19.9 Å². The molecule has 0 bridgehead atoms. The first kappa shape index (κ1) is 19.3. The minimum Gasteiger partial charge on any atom is -0.423 e. The van der Waals surface area contributed by atoms with Crippen LogP contribution in [0.2, 0.25) is 5.02 Å². The molecule has 1 aliphatic heterocycles. The molecule has 0 amide bonds. The summed E-state index contributed by atoms with van der Waals surface area (Å²) in [4.78, 5) is 30.1. The van der Waals surface area contributed by atoms with E-state index in [2.05, 4.69) is 24.8 Å². The van der Waals surface area contributed by atoms with Crippen LogP contribution in [0.5, 0.6) is 11.8 Å². The topological polar surface area (TPSA) is 110 Å². The summed E-state index contributed by atoms with van der Waals surface area (Å²) < 4.78 is 5.85. The summed E-state index contributed by atoms with van der Waals surface area (Å²) in [6.45, 7) is 3.08. The second-order valence-electron chi connectivity index (χ2n) is 7.58. The van der Waals surface area contributed by atoms with E-state index in [4.69, 9.17) is 33.7 Å². The number of carbonyl (C=O) groups is 1. The number of fused-ring (bicyclic) bond motifs is 2. The maximum absolute atomic E-state index is 11.6. The van der Waals surface area contributed by atoms with Crippen LogP contribution in [-0.2, 0) is 0 Å². The number of rotatable bonds is 5. The number of nitrogens with one attached hydrogen (secondary N) is 1. The van der Waals surface area contributed by atoms with E-state index >= 15 is 0 Å². The molecule has 2 fully saturated rings. The highest BCUT2D eigenvalue weighted by atomic mass is 35.5. The maximum atomic E-state index is 11.6. The third kappa shape index (κ3) is 3.21. The maximum Gasteiger partial charge on any atom is 0.326 e. The summed E-state index contributed by atoms with van der Waals surface area (Å²) in [6.07, 6.45) is 4.65. The van der Waals surface area contributed by atoms with Crippen LogP contribution in [0.4, 0.5) is 5.82 Å². The Bertz CT molecular complexity index is 1180. The van der Waals surface area contributed by atoms with Crippen LogP contribution in [0, 0.1) is 11.8 Å². The van der Waals surface area contributed by atoms with Crippen LogP contribution in [-0.4, -0.2) is 44.9 Å². The normalized spacial score (nSPS) is 22.7. The molecule has 0 aromatic carbocycles. The Morgan fingerprint density at radius 3 is 2.80 bits per heavy atom. The number of anilines is 1. The smallest absolute Gasteiger partial charge is 0.326 e. The molecule has 2 unspecified atom stereocenters. The van der Waals surface area contributed by atoms with E-state index in [1.807, 2.05) is 0 Å². The number of aromatic nitrogens is 4. The van der Waals surface area contributed by atoms with Gasteiger partial charge in [-0.15, -0.1) is 0 Å². The van der Waals surface area contributed by atoms with Crippen LogP contribution < -0.4 is 15.4 Å². The molecule has 8 nitrogen and oxygen atoms in total. The standard InChI is InChI=1S/C20H18Cl2N6O2/c1-9(29)10-4-11(6-24-5-10)30-20-26-18-15(16(22)14(25-18)2-3-21)19(27-20)28-7-12-13(8-28)17(12)23/h2-6,12-13,17H,7-8,23H2,1H3,(H,25,26,27)/b3-2+. The zero-order valence-corrected chi connectivity index (χ0v) is 17.5. The Labute approximate surface area is 182 Å². The van der Waals surface area contributed by atoms with Crippen LogP contribution in [0.1, 0.15) is 23.0 Å². The van der Waals surface area contributed by atoms with Crippen molar-refractivity contribution < 1.29 is 9.53 Å². The monoisotopic (exact) mass is 444 g/mol. The number of hydrogen-bond acceptors (Lipinski definition) is 7. The summed E-state index contributed by atoms with van der Waals surface area (Å²) in [5, 5.41) is 1.20. The molecule has 30 heavy (non-hydrogen) atoms. The molecule has 154 valence electrons. The zero-order valence-electron chi connectivity index (χ0n) is 16.0. The Hall–Kier alpha value is -2.68. The number of ketones is 1. The van der Waals surface area contributed by atoms with Gasteiger partial charge in [-0.1, -0.05) is 23.2 Å². The van der Waals surface area contributed by atoms with E-state index in [9.17, 15) is 4.79 Å². The predicted molar refractivity (Wildman–Crippen MR) is 115 cm³/mol. The Kier molecular flexibility index (Phi) is 4.65. The second kappa shape index (κ2) is 7.23. The predicted octanol–water partition coefficient (Wildman–Crippen LogP) is 3.60. The van der Waals surface area contributed by atoms with Gasteiger partial charge >= 0.3 is 6.01 Å². The lowest BCUT2D eigenvalue weighted by atomic mass is 10.2. The Morgan fingerprint density at radius 2 is 2.10 bits per heavy atom. The number of aromatic amines is 1. The number of Topliss-reactive ketones (excluding diaryl/α,β-unsaturated/α-hetero) is 1. The van der Waals surface area contributed by atoms with Gasteiger partial charge in [-0.2, -0.15) is 9.97 Å². The lowest BCUT2D eigenvalue weighted by molar-refractivity contribution is 0.101. The lowest BCUT2D eigenvalue weighted by Gasteiger charge is -2.21. The number of halogens is 2. The number of piperidine rings is 1. The van der Waals surface area contributed by atoms with Gasteiger partial charge in [-0.05, 0) is 30.9 Å². The van der Waals surface area contributed by atoms with Crippen LogP contribution in [0.25, 0.3) is 17.1 Å². The molecule has 0 radical (unpaired) electrons. The number of nitrogens with two attached hydrogens (primary N) is 1. The average Bonchev–Trinajstić information content (AvgIpc) is 3.07. The third-order valence-corrected chi connectivity index (χ3v) is 6.22.